The molecule has 0 heterocycles. The summed E-state index contributed by atoms with van der Waals surface area (Å²) in [5, 5.41) is 0. The fourth-order valence-corrected chi connectivity index (χ4v) is 1.96. The standard InChI is InChI=1S/C14H20F3NO/c1-4-18(5-2)13(19-6-3)11-7-9-12(10-8-11)14(15,16)17/h7-10,13H,4-6H2,1-3H3. The Morgan fingerprint density at radius 2 is 1.58 bits per heavy atom. The first-order valence-corrected chi connectivity index (χ1v) is 6.46. The molecule has 1 aromatic rings. The van der Waals surface area contributed by atoms with Crippen molar-refractivity contribution >= 4 is 0 Å². The molecule has 1 rings (SSSR count). The van der Waals surface area contributed by atoms with Gasteiger partial charge in [0.2, 0.25) is 0 Å². The lowest BCUT2D eigenvalue weighted by molar-refractivity contribution is -0.137. The average Bonchev–Trinajstić information content (AvgIpc) is 2.38. The van der Waals surface area contributed by atoms with Crippen LogP contribution in [0.5, 0.6) is 0 Å². The van der Waals surface area contributed by atoms with E-state index in [4.69, 9.17) is 4.74 Å². The number of alkyl halides is 3. The van der Waals surface area contributed by atoms with Gasteiger partial charge in [0.1, 0.15) is 6.23 Å². The van der Waals surface area contributed by atoms with E-state index in [1.54, 1.807) is 0 Å². The molecule has 1 unspecified atom stereocenters. The molecule has 0 amide bonds. The van der Waals surface area contributed by atoms with Gasteiger partial charge in [-0.05, 0) is 37.7 Å². The summed E-state index contributed by atoms with van der Waals surface area (Å²) >= 11 is 0. The number of hydrogen-bond donors (Lipinski definition) is 0. The first kappa shape index (κ1) is 16.0. The summed E-state index contributed by atoms with van der Waals surface area (Å²) in [6, 6.07) is 5.18. The fraction of sp³-hybridized carbons (Fsp3) is 0.571. The summed E-state index contributed by atoms with van der Waals surface area (Å²) in [6.45, 7) is 7.95. The van der Waals surface area contributed by atoms with Crippen LogP contribution in [0, 0.1) is 0 Å². The lowest BCUT2D eigenvalue weighted by Crippen LogP contribution is -2.30. The molecule has 0 radical (unpaired) electrons. The SMILES string of the molecule is CCOC(c1ccc(C(F)(F)F)cc1)N(CC)CC. The molecule has 0 spiro atoms. The maximum Gasteiger partial charge on any atom is 0.416 e. The molecule has 1 aromatic carbocycles. The molecular weight excluding hydrogens is 255 g/mol. The molecule has 0 aliphatic heterocycles. The lowest BCUT2D eigenvalue weighted by atomic mass is 10.1. The maximum absolute atomic E-state index is 12.5. The second-order valence-electron chi connectivity index (χ2n) is 4.15. The molecule has 0 aromatic heterocycles. The van der Waals surface area contributed by atoms with Crippen molar-refractivity contribution in [1.82, 2.24) is 4.90 Å². The Kier molecular flexibility index (Phi) is 5.82. The Morgan fingerprint density at radius 1 is 1.05 bits per heavy atom. The van der Waals surface area contributed by atoms with E-state index in [2.05, 4.69) is 4.90 Å². The predicted octanol–water partition coefficient (Wildman–Crippen LogP) is 4.08. The summed E-state index contributed by atoms with van der Waals surface area (Å²) < 4.78 is 43.2. The Hall–Kier alpha value is -1.07. The van der Waals surface area contributed by atoms with Crippen LogP contribution in [-0.2, 0) is 10.9 Å². The van der Waals surface area contributed by atoms with Crippen molar-refractivity contribution < 1.29 is 17.9 Å². The van der Waals surface area contributed by atoms with Crippen molar-refractivity contribution in [1.29, 1.82) is 0 Å². The van der Waals surface area contributed by atoms with E-state index in [0.717, 1.165) is 30.8 Å². The minimum absolute atomic E-state index is 0.290. The van der Waals surface area contributed by atoms with Crippen LogP contribution in [-0.4, -0.2) is 24.6 Å². The van der Waals surface area contributed by atoms with Gasteiger partial charge in [-0.15, -0.1) is 0 Å². The Labute approximate surface area is 112 Å². The van der Waals surface area contributed by atoms with Gasteiger partial charge >= 0.3 is 6.18 Å². The molecule has 108 valence electrons. The van der Waals surface area contributed by atoms with Crippen molar-refractivity contribution in [2.75, 3.05) is 19.7 Å². The van der Waals surface area contributed by atoms with Crippen molar-refractivity contribution in [3.8, 4) is 0 Å². The third-order valence-corrected chi connectivity index (χ3v) is 2.99. The lowest BCUT2D eigenvalue weighted by Gasteiger charge is -2.29. The second kappa shape index (κ2) is 6.91. The quantitative estimate of drug-likeness (QED) is 0.725. The van der Waals surface area contributed by atoms with Crippen LogP contribution in [0.15, 0.2) is 24.3 Å². The molecule has 1 atom stereocenters. The van der Waals surface area contributed by atoms with Crippen LogP contribution < -0.4 is 0 Å². The van der Waals surface area contributed by atoms with Gasteiger partial charge in [0.15, 0.2) is 0 Å². The first-order chi connectivity index (χ1) is 8.93. The highest BCUT2D eigenvalue weighted by molar-refractivity contribution is 5.26. The summed E-state index contributed by atoms with van der Waals surface area (Å²) in [5.41, 5.74) is 0.115. The third kappa shape index (κ3) is 4.21. The summed E-state index contributed by atoms with van der Waals surface area (Å²) in [4.78, 5) is 2.06. The van der Waals surface area contributed by atoms with E-state index in [9.17, 15) is 13.2 Å². The number of benzene rings is 1. The minimum atomic E-state index is -4.30. The maximum atomic E-state index is 12.5. The molecule has 5 heteroatoms. The van der Waals surface area contributed by atoms with E-state index in [1.165, 1.54) is 12.1 Å². The van der Waals surface area contributed by atoms with Crippen LogP contribution in [0.4, 0.5) is 13.2 Å². The van der Waals surface area contributed by atoms with Crippen LogP contribution >= 0.6 is 0 Å². The summed E-state index contributed by atoms with van der Waals surface area (Å²) in [7, 11) is 0. The largest absolute Gasteiger partial charge is 0.416 e. The van der Waals surface area contributed by atoms with Crippen molar-refractivity contribution in [3.63, 3.8) is 0 Å². The van der Waals surface area contributed by atoms with E-state index in [-0.39, 0.29) is 6.23 Å². The molecule has 0 aliphatic carbocycles. The van der Waals surface area contributed by atoms with Gasteiger partial charge < -0.3 is 4.74 Å². The third-order valence-electron chi connectivity index (χ3n) is 2.99. The Morgan fingerprint density at radius 3 is 1.95 bits per heavy atom. The zero-order valence-corrected chi connectivity index (χ0v) is 11.5. The van der Waals surface area contributed by atoms with E-state index in [1.807, 2.05) is 20.8 Å². The van der Waals surface area contributed by atoms with Crippen molar-refractivity contribution in [2.45, 2.75) is 33.2 Å². The smallest absolute Gasteiger partial charge is 0.359 e. The van der Waals surface area contributed by atoms with Gasteiger partial charge in [-0.3, -0.25) is 4.90 Å². The fourth-order valence-electron chi connectivity index (χ4n) is 1.96. The zero-order chi connectivity index (χ0) is 14.5. The monoisotopic (exact) mass is 275 g/mol. The van der Waals surface area contributed by atoms with Gasteiger partial charge in [-0.25, -0.2) is 0 Å². The highest BCUT2D eigenvalue weighted by atomic mass is 19.4. The normalized spacial score (nSPS) is 13.8. The zero-order valence-electron chi connectivity index (χ0n) is 11.5. The Bertz CT molecular complexity index is 371. The van der Waals surface area contributed by atoms with E-state index < -0.39 is 11.7 Å². The first-order valence-electron chi connectivity index (χ1n) is 6.46. The van der Waals surface area contributed by atoms with Crippen LogP contribution in [0.25, 0.3) is 0 Å². The van der Waals surface area contributed by atoms with Gasteiger partial charge in [0, 0.05) is 6.61 Å². The van der Waals surface area contributed by atoms with Crippen LogP contribution in [0.1, 0.15) is 38.1 Å². The van der Waals surface area contributed by atoms with Crippen molar-refractivity contribution in [2.24, 2.45) is 0 Å². The summed E-state index contributed by atoms with van der Waals surface area (Å²) in [6.07, 6.45) is -4.59. The van der Waals surface area contributed by atoms with Crippen molar-refractivity contribution in [3.05, 3.63) is 35.4 Å². The molecule has 0 saturated carbocycles. The van der Waals surface area contributed by atoms with Gasteiger partial charge in [-0.1, -0.05) is 26.0 Å². The van der Waals surface area contributed by atoms with Crippen LogP contribution in [0.2, 0.25) is 0 Å². The number of rotatable bonds is 6. The molecular formula is C14H20F3NO. The van der Waals surface area contributed by atoms with Gasteiger partial charge in [0.05, 0.1) is 5.56 Å². The molecule has 19 heavy (non-hydrogen) atoms. The predicted molar refractivity (Wildman–Crippen MR) is 68.7 cm³/mol. The number of halogens is 3. The summed E-state index contributed by atoms with van der Waals surface area (Å²) in [5.74, 6) is 0. The molecule has 0 aliphatic rings. The molecule has 0 fully saturated rings. The highest BCUT2D eigenvalue weighted by Crippen LogP contribution is 2.31. The van der Waals surface area contributed by atoms with Gasteiger partial charge in [-0.2, -0.15) is 13.2 Å². The van der Waals surface area contributed by atoms with Crippen LogP contribution in [0.3, 0.4) is 0 Å². The van der Waals surface area contributed by atoms with E-state index in [0.29, 0.717) is 6.61 Å². The minimum Gasteiger partial charge on any atom is -0.359 e. The highest BCUT2D eigenvalue weighted by Gasteiger charge is 2.30. The number of hydrogen-bond acceptors (Lipinski definition) is 2. The van der Waals surface area contributed by atoms with E-state index >= 15 is 0 Å². The average molecular weight is 275 g/mol. The van der Waals surface area contributed by atoms with Gasteiger partial charge in [0.25, 0.3) is 0 Å². The number of ether oxygens (including phenoxy) is 1. The molecule has 0 N–H and O–H groups in total. The molecule has 0 bridgehead atoms. The number of nitrogens with zero attached hydrogens (tertiary/aromatic N) is 1. The molecule has 0 saturated heterocycles. The second-order valence-corrected chi connectivity index (χ2v) is 4.15. The topological polar surface area (TPSA) is 12.5 Å². The molecule has 2 nitrogen and oxygen atoms in total. The Balaban J connectivity index is 2.97.